The molecule has 32 heavy (non-hydrogen) atoms. The van der Waals surface area contributed by atoms with Crippen molar-refractivity contribution in [3.8, 4) is 0 Å². The highest BCUT2D eigenvalue weighted by Gasteiger charge is 2.28. The van der Waals surface area contributed by atoms with Gasteiger partial charge in [-0.15, -0.1) is 11.8 Å². The lowest BCUT2D eigenvalue weighted by Gasteiger charge is -2.31. The first-order valence-electron chi connectivity index (χ1n) is 11.1. The van der Waals surface area contributed by atoms with E-state index in [0.717, 1.165) is 35.7 Å². The van der Waals surface area contributed by atoms with Crippen molar-refractivity contribution >= 4 is 39.5 Å². The quantitative estimate of drug-likeness (QED) is 0.462. The zero-order valence-electron chi connectivity index (χ0n) is 18.4. The van der Waals surface area contributed by atoms with Gasteiger partial charge in [-0.3, -0.25) is 9.59 Å². The summed E-state index contributed by atoms with van der Waals surface area (Å²) in [6, 6.07) is 14.0. The van der Waals surface area contributed by atoms with Gasteiger partial charge >= 0.3 is 0 Å². The Balaban J connectivity index is 1.66. The van der Waals surface area contributed by atoms with E-state index in [2.05, 4.69) is 21.2 Å². The highest BCUT2D eigenvalue weighted by Crippen LogP contribution is 2.21. The van der Waals surface area contributed by atoms with Crippen LogP contribution in [0.4, 0.5) is 4.39 Å². The fourth-order valence-corrected chi connectivity index (χ4v) is 5.27. The van der Waals surface area contributed by atoms with E-state index < -0.39 is 6.04 Å². The van der Waals surface area contributed by atoms with E-state index >= 15 is 0 Å². The molecule has 0 aromatic heterocycles. The van der Waals surface area contributed by atoms with Gasteiger partial charge in [0.25, 0.3) is 0 Å². The van der Waals surface area contributed by atoms with Crippen LogP contribution < -0.4 is 5.32 Å². The third-order valence-electron chi connectivity index (χ3n) is 5.80. The van der Waals surface area contributed by atoms with Gasteiger partial charge in [-0.25, -0.2) is 4.39 Å². The lowest BCUT2D eigenvalue weighted by molar-refractivity contribution is -0.139. The number of halogens is 2. The number of rotatable bonds is 9. The van der Waals surface area contributed by atoms with Crippen LogP contribution in [0.25, 0.3) is 0 Å². The van der Waals surface area contributed by atoms with Crippen LogP contribution in [0.3, 0.4) is 0 Å². The number of amides is 2. The summed E-state index contributed by atoms with van der Waals surface area (Å²) < 4.78 is 14.8. The predicted octanol–water partition coefficient (Wildman–Crippen LogP) is 5.69. The molecule has 1 atom stereocenters. The van der Waals surface area contributed by atoms with Gasteiger partial charge in [-0.05, 0) is 49.1 Å². The molecule has 0 bridgehead atoms. The predicted molar refractivity (Wildman–Crippen MR) is 132 cm³/mol. The monoisotopic (exact) mass is 520 g/mol. The molecule has 0 heterocycles. The molecule has 0 radical (unpaired) electrons. The molecular weight excluding hydrogens is 491 g/mol. The molecule has 1 fully saturated rings. The topological polar surface area (TPSA) is 49.4 Å². The molecular formula is C25H30BrFN2O2S. The van der Waals surface area contributed by atoms with E-state index in [-0.39, 0.29) is 29.4 Å². The van der Waals surface area contributed by atoms with Crippen LogP contribution in [0.2, 0.25) is 0 Å². The first kappa shape index (κ1) is 24.8. The number of benzene rings is 2. The van der Waals surface area contributed by atoms with E-state index in [1.807, 2.05) is 24.3 Å². The van der Waals surface area contributed by atoms with Crippen LogP contribution in [0.1, 0.15) is 50.2 Å². The SMILES string of the molecule is C[C@H](C(=O)NC1CCCCC1)N(Cc1cccc(Br)c1)C(=O)CSCc1ccccc1F. The number of hydrogen-bond donors (Lipinski definition) is 1. The Bertz CT molecular complexity index is 920. The number of carbonyl (C=O) groups is 2. The Morgan fingerprint density at radius 1 is 1.16 bits per heavy atom. The number of nitrogens with one attached hydrogen (secondary N) is 1. The van der Waals surface area contributed by atoms with Crippen molar-refractivity contribution in [1.82, 2.24) is 10.2 Å². The fraction of sp³-hybridized carbons (Fsp3) is 0.440. The lowest BCUT2D eigenvalue weighted by atomic mass is 9.95. The van der Waals surface area contributed by atoms with E-state index in [4.69, 9.17) is 0 Å². The van der Waals surface area contributed by atoms with Crippen molar-refractivity contribution < 1.29 is 14.0 Å². The minimum absolute atomic E-state index is 0.112. The first-order valence-corrected chi connectivity index (χ1v) is 13.0. The van der Waals surface area contributed by atoms with Gasteiger partial charge in [0.1, 0.15) is 11.9 Å². The van der Waals surface area contributed by atoms with Crippen molar-refractivity contribution in [3.05, 3.63) is 69.9 Å². The van der Waals surface area contributed by atoms with Gasteiger partial charge in [-0.2, -0.15) is 0 Å². The molecule has 2 amide bonds. The summed E-state index contributed by atoms with van der Waals surface area (Å²) in [5.74, 6) is 0.0884. The third-order valence-corrected chi connectivity index (χ3v) is 7.26. The number of hydrogen-bond acceptors (Lipinski definition) is 3. The van der Waals surface area contributed by atoms with E-state index in [0.29, 0.717) is 17.9 Å². The Morgan fingerprint density at radius 3 is 2.62 bits per heavy atom. The first-order chi connectivity index (χ1) is 15.4. The Labute approximate surface area is 202 Å². The van der Waals surface area contributed by atoms with Gasteiger partial charge in [0.15, 0.2) is 0 Å². The molecule has 0 unspecified atom stereocenters. The summed E-state index contributed by atoms with van der Waals surface area (Å²) in [6.45, 7) is 2.13. The molecule has 4 nitrogen and oxygen atoms in total. The van der Waals surface area contributed by atoms with Gasteiger partial charge in [0.2, 0.25) is 11.8 Å². The second-order valence-corrected chi connectivity index (χ2v) is 10.2. The molecule has 1 N–H and O–H groups in total. The molecule has 0 spiro atoms. The minimum Gasteiger partial charge on any atom is -0.352 e. The Kier molecular flexibility index (Phi) is 9.60. The number of carbonyl (C=O) groups excluding carboxylic acids is 2. The highest BCUT2D eigenvalue weighted by atomic mass is 79.9. The second kappa shape index (κ2) is 12.4. The average molecular weight is 521 g/mol. The zero-order valence-corrected chi connectivity index (χ0v) is 20.8. The van der Waals surface area contributed by atoms with Crippen LogP contribution in [0.15, 0.2) is 53.0 Å². The van der Waals surface area contributed by atoms with Crippen LogP contribution in [-0.4, -0.2) is 34.6 Å². The number of thioether (sulfide) groups is 1. The average Bonchev–Trinajstić information content (AvgIpc) is 2.79. The van der Waals surface area contributed by atoms with Crippen LogP contribution in [0.5, 0.6) is 0 Å². The summed E-state index contributed by atoms with van der Waals surface area (Å²) in [6.07, 6.45) is 5.47. The summed E-state index contributed by atoms with van der Waals surface area (Å²) in [4.78, 5) is 27.8. The van der Waals surface area contributed by atoms with Gasteiger partial charge in [0, 0.05) is 22.8 Å². The maximum Gasteiger partial charge on any atom is 0.242 e. The molecule has 1 aliphatic carbocycles. The molecule has 1 aliphatic rings. The molecule has 3 rings (SSSR count). The summed E-state index contributed by atoms with van der Waals surface area (Å²) in [7, 11) is 0. The molecule has 0 saturated heterocycles. The molecule has 2 aromatic rings. The van der Waals surface area contributed by atoms with Gasteiger partial charge < -0.3 is 10.2 Å². The van der Waals surface area contributed by atoms with Gasteiger partial charge in [-0.1, -0.05) is 65.5 Å². The van der Waals surface area contributed by atoms with E-state index in [1.165, 1.54) is 24.2 Å². The van der Waals surface area contributed by atoms with Crippen molar-refractivity contribution in [2.45, 2.75) is 63.4 Å². The molecule has 172 valence electrons. The molecule has 2 aromatic carbocycles. The second-order valence-electron chi connectivity index (χ2n) is 8.26. The van der Waals surface area contributed by atoms with Crippen molar-refractivity contribution in [2.24, 2.45) is 0 Å². The van der Waals surface area contributed by atoms with Crippen molar-refractivity contribution in [3.63, 3.8) is 0 Å². The molecule has 1 saturated carbocycles. The third kappa shape index (κ3) is 7.34. The van der Waals surface area contributed by atoms with Crippen LogP contribution in [0, 0.1) is 5.82 Å². The van der Waals surface area contributed by atoms with Crippen LogP contribution in [-0.2, 0) is 21.9 Å². The van der Waals surface area contributed by atoms with Crippen molar-refractivity contribution in [2.75, 3.05) is 5.75 Å². The Hall–Kier alpha value is -1.86. The molecule has 7 heteroatoms. The maximum absolute atomic E-state index is 13.9. The summed E-state index contributed by atoms with van der Waals surface area (Å²) in [5.41, 5.74) is 1.52. The summed E-state index contributed by atoms with van der Waals surface area (Å²) in [5, 5.41) is 3.14. The van der Waals surface area contributed by atoms with E-state index in [9.17, 15) is 14.0 Å². The van der Waals surface area contributed by atoms with E-state index in [1.54, 1.807) is 30.0 Å². The standard InChI is InChI=1S/C25H30BrFN2O2S/c1-18(25(31)28-22-11-3-2-4-12-22)29(15-19-8-7-10-21(26)14-19)24(30)17-32-16-20-9-5-6-13-23(20)27/h5-10,13-14,18,22H,2-4,11-12,15-17H2,1H3,(H,28,31)/t18-/m1/s1. The maximum atomic E-state index is 13.9. The lowest BCUT2D eigenvalue weighted by Crippen LogP contribution is -2.50. The minimum atomic E-state index is -0.586. The fourth-order valence-electron chi connectivity index (χ4n) is 3.93. The number of nitrogens with zero attached hydrogens (tertiary/aromatic N) is 1. The zero-order chi connectivity index (χ0) is 22.9. The highest BCUT2D eigenvalue weighted by molar-refractivity contribution is 9.10. The van der Waals surface area contributed by atoms with Crippen LogP contribution >= 0.6 is 27.7 Å². The summed E-state index contributed by atoms with van der Waals surface area (Å²) >= 11 is 4.84. The van der Waals surface area contributed by atoms with Crippen molar-refractivity contribution in [1.29, 1.82) is 0 Å². The normalized spacial score (nSPS) is 15.2. The Morgan fingerprint density at radius 2 is 1.91 bits per heavy atom. The largest absolute Gasteiger partial charge is 0.352 e. The van der Waals surface area contributed by atoms with Gasteiger partial charge in [0.05, 0.1) is 5.75 Å². The smallest absolute Gasteiger partial charge is 0.242 e. The molecule has 0 aliphatic heterocycles.